The summed E-state index contributed by atoms with van der Waals surface area (Å²) < 4.78 is 11.5. The Morgan fingerprint density at radius 3 is 2.22 bits per heavy atom. The second-order valence-corrected chi connectivity index (χ2v) is 7.13. The van der Waals surface area contributed by atoms with Crippen LogP contribution in [-0.2, 0) is 9.53 Å². The first-order valence-corrected chi connectivity index (χ1v) is 5.99. The van der Waals surface area contributed by atoms with Gasteiger partial charge in [0.2, 0.25) is 0 Å². The number of hydrogen-bond acceptors (Lipinski definition) is 3. The van der Waals surface area contributed by atoms with Crippen LogP contribution in [0.25, 0.3) is 0 Å². The fourth-order valence-electron chi connectivity index (χ4n) is 0.400. The monoisotopic (exact) mass is 231 g/mol. The van der Waals surface area contributed by atoms with Crippen molar-refractivity contribution >= 4 is 28.7 Å². The molecule has 4 heteroatoms. The van der Waals surface area contributed by atoms with Crippen molar-refractivity contribution in [2.75, 3.05) is 0 Å². The van der Waals surface area contributed by atoms with Gasteiger partial charge < -0.3 is 0 Å². The van der Waals surface area contributed by atoms with Gasteiger partial charge in [-0.15, -0.1) is 0 Å². The van der Waals surface area contributed by atoms with Gasteiger partial charge in [-0.1, -0.05) is 0 Å². The molecule has 0 heterocycles. The Hall–Kier alpha value is 0.140. The molecular formula is C5H10InNO2. The average Bonchev–Trinajstić information content (AvgIpc) is 1.63. The van der Waals surface area contributed by atoms with E-state index in [1.807, 2.05) is 0 Å². The average molecular weight is 231 g/mol. The van der Waals surface area contributed by atoms with Crippen LogP contribution in [0.5, 0.6) is 0 Å². The first-order chi connectivity index (χ1) is 3.98. The van der Waals surface area contributed by atoms with Crippen LogP contribution < -0.4 is 0 Å². The van der Waals surface area contributed by atoms with Gasteiger partial charge in [-0.05, 0) is 0 Å². The van der Waals surface area contributed by atoms with Crippen molar-refractivity contribution in [3.05, 3.63) is 0 Å². The molecule has 9 heavy (non-hydrogen) atoms. The molecule has 0 unspecified atom stereocenters. The summed E-state index contributed by atoms with van der Waals surface area (Å²) in [7, 11) is 0. The zero-order valence-electron chi connectivity index (χ0n) is 5.89. The zero-order chi connectivity index (χ0) is 7.49. The summed E-state index contributed by atoms with van der Waals surface area (Å²) >= 11 is -1.40. The molecule has 0 aliphatic heterocycles. The predicted molar refractivity (Wildman–Crippen MR) is 34.3 cm³/mol. The van der Waals surface area contributed by atoms with Crippen molar-refractivity contribution in [3.63, 3.8) is 0 Å². The van der Waals surface area contributed by atoms with E-state index in [-0.39, 0.29) is 5.97 Å². The molecule has 0 aromatic carbocycles. The Morgan fingerprint density at radius 1 is 1.67 bits per heavy atom. The number of ether oxygens (including phenoxy) is 1. The molecule has 0 aromatic heterocycles. The SMILES string of the molecule is CC(=O)O[C](C)(C)[In]=[NH]. The van der Waals surface area contributed by atoms with Crippen LogP contribution in [0.1, 0.15) is 20.8 Å². The molecule has 0 rings (SSSR count). The molecule has 0 fully saturated rings. The third-order valence-electron chi connectivity index (χ3n) is 0.754. The van der Waals surface area contributed by atoms with Crippen molar-refractivity contribution in [2.24, 2.45) is 0 Å². The minimum absolute atomic E-state index is 0.279. The van der Waals surface area contributed by atoms with Gasteiger partial charge in [0.05, 0.1) is 0 Å². The maximum atomic E-state index is 10.3. The second-order valence-electron chi connectivity index (χ2n) is 2.34. The Labute approximate surface area is 65.9 Å². The molecular weight excluding hydrogens is 221 g/mol. The van der Waals surface area contributed by atoms with Crippen molar-refractivity contribution < 1.29 is 9.53 Å². The number of rotatable bonds is 2. The van der Waals surface area contributed by atoms with Crippen LogP contribution in [0.2, 0.25) is 0 Å². The Morgan fingerprint density at radius 2 is 2.11 bits per heavy atom. The first-order valence-electron chi connectivity index (χ1n) is 2.69. The molecule has 3 nitrogen and oxygen atoms in total. The van der Waals surface area contributed by atoms with E-state index in [2.05, 4.69) is 0 Å². The van der Waals surface area contributed by atoms with Crippen LogP contribution in [-0.4, -0.2) is 32.1 Å². The first kappa shape index (κ1) is 9.14. The third-order valence-corrected chi connectivity index (χ3v) is 3.07. The van der Waals surface area contributed by atoms with Gasteiger partial charge in [-0.2, -0.15) is 0 Å². The van der Waals surface area contributed by atoms with Crippen LogP contribution in [0.3, 0.4) is 0 Å². The summed E-state index contributed by atoms with van der Waals surface area (Å²) in [5.74, 6) is -0.279. The summed E-state index contributed by atoms with van der Waals surface area (Å²) in [5, 5.41) is 0. The molecule has 0 spiro atoms. The van der Waals surface area contributed by atoms with E-state index >= 15 is 0 Å². The zero-order valence-corrected chi connectivity index (χ0v) is 9.19. The van der Waals surface area contributed by atoms with Gasteiger partial charge in [0.15, 0.2) is 0 Å². The molecule has 0 aliphatic rings. The van der Waals surface area contributed by atoms with Crippen LogP contribution >= 0.6 is 0 Å². The maximum absolute atomic E-state index is 10.3. The van der Waals surface area contributed by atoms with E-state index in [0.717, 1.165) is 0 Å². The van der Waals surface area contributed by atoms with E-state index in [1.165, 1.54) is 6.92 Å². The summed E-state index contributed by atoms with van der Waals surface area (Å²) in [5.41, 5.74) is 0. The van der Waals surface area contributed by atoms with Crippen molar-refractivity contribution in [2.45, 2.75) is 24.1 Å². The molecule has 50 valence electrons. The second kappa shape index (κ2) is 3.34. The minimum atomic E-state index is -1.40. The van der Waals surface area contributed by atoms with E-state index in [9.17, 15) is 4.79 Å². The van der Waals surface area contributed by atoms with E-state index in [1.54, 1.807) is 13.8 Å². The summed E-state index contributed by atoms with van der Waals surface area (Å²) in [6.45, 7) is 4.96. The summed E-state index contributed by atoms with van der Waals surface area (Å²) in [6, 6.07) is 0. The number of carbonyl (C=O) groups excluding carboxylic acids is 1. The number of carbonyl (C=O) groups is 1. The number of nitrogens with one attached hydrogen (secondary N) is 1. The molecule has 0 bridgehead atoms. The molecule has 0 atom stereocenters. The molecule has 0 aliphatic carbocycles. The summed E-state index contributed by atoms with van der Waals surface area (Å²) in [4.78, 5) is 10.3. The molecule has 0 saturated heterocycles. The van der Waals surface area contributed by atoms with E-state index < -0.39 is 26.1 Å². The molecule has 0 aromatic rings. The fourth-order valence-corrected chi connectivity index (χ4v) is 1.04. The van der Waals surface area contributed by atoms with Gasteiger partial charge >= 0.3 is 65.7 Å². The van der Waals surface area contributed by atoms with Crippen molar-refractivity contribution in [1.82, 2.24) is 0 Å². The topological polar surface area (TPSA) is 50.2 Å². The summed E-state index contributed by atoms with van der Waals surface area (Å²) in [6.07, 6.45) is 0. The van der Waals surface area contributed by atoms with Crippen LogP contribution in [0.4, 0.5) is 0 Å². The van der Waals surface area contributed by atoms with Gasteiger partial charge in [-0.3, -0.25) is 0 Å². The molecule has 0 amide bonds. The van der Waals surface area contributed by atoms with Gasteiger partial charge in [0.25, 0.3) is 0 Å². The Balaban J connectivity index is 3.86. The van der Waals surface area contributed by atoms with Crippen molar-refractivity contribution in [1.29, 1.82) is 3.33 Å². The fraction of sp³-hybridized carbons (Fsp3) is 0.800. The van der Waals surface area contributed by atoms with E-state index in [0.29, 0.717) is 0 Å². The van der Waals surface area contributed by atoms with Gasteiger partial charge in [0.1, 0.15) is 0 Å². The third kappa shape index (κ3) is 4.63. The predicted octanol–water partition coefficient (Wildman–Crippen LogP) is 0.752. The normalized spacial score (nSPS) is 10.1. The van der Waals surface area contributed by atoms with E-state index in [4.69, 9.17) is 8.07 Å². The van der Waals surface area contributed by atoms with Crippen LogP contribution in [0.15, 0.2) is 0 Å². The quantitative estimate of drug-likeness (QED) is 0.713. The number of hydrogen-bond donors (Lipinski definition) is 1. The standard InChI is InChI=1S/C5H9O2.In.HN/c1-4(2)7-5(3)6;;/h1-3H3;;1H. The molecule has 1 N–H and O–H groups in total. The van der Waals surface area contributed by atoms with Gasteiger partial charge in [-0.25, -0.2) is 0 Å². The molecule has 0 saturated carbocycles. The van der Waals surface area contributed by atoms with Gasteiger partial charge in [0, 0.05) is 0 Å². The number of esters is 1. The molecule has 0 radical (unpaired) electrons. The van der Waals surface area contributed by atoms with Crippen LogP contribution in [0, 0.1) is 3.33 Å². The Bertz CT molecular complexity index is 133. The Kier molecular flexibility index (Phi) is 3.40. The van der Waals surface area contributed by atoms with Crippen molar-refractivity contribution in [3.8, 4) is 0 Å².